The number of carbonyl (C=O) groups is 1. The molecule has 0 aliphatic rings. The fourth-order valence-corrected chi connectivity index (χ4v) is 0.951. The van der Waals surface area contributed by atoms with Gasteiger partial charge in [-0.3, -0.25) is 9.78 Å². The number of nitrogens with one attached hydrogen (secondary N) is 1. The van der Waals surface area contributed by atoms with Crippen LogP contribution in [0, 0.1) is 0 Å². The molecule has 1 rings (SSSR count). The van der Waals surface area contributed by atoms with E-state index in [0.717, 1.165) is 11.4 Å². The van der Waals surface area contributed by atoms with E-state index in [9.17, 15) is 4.79 Å². The number of anilines is 1. The largest absolute Gasteiger partial charge is 0.459 e. The van der Waals surface area contributed by atoms with Gasteiger partial charge in [0.25, 0.3) is 0 Å². The summed E-state index contributed by atoms with van der Waals surface area (Å²) in [6.07, 6.45) is 1.67. The third kappa shape index (κ3) is 2.74. The van der Waals surface area contributed by atoms with E-state index >= 15 is 0 Å². The van der Waals surface area contributed by atoms with Gasteiger partial charge < -0.3 is 10.1 Å². The molecule has 4 nitrogen and oxygen atoms in total. The van der Waals surface area contributed by atoms with Gasteiger partial charge in [0.15, 0.2) is 0 Å². The molecule has 0 amide bonds. The van der Waals surface area contributed by atoms with Crippen LogP contribution in [0.25, 0.3) is 0 Å². The second-order valence-electron chi connectivity index (χ2n) is 2.53. The Hall–Kier alpha value is -1.58. The van der Waals surface area contributed by atoms with Crippen LogP contribution in [-0.2, 0) is 16.1 Å². The molecule has 0 bridgehead atoms. The average molecular weight is 180 g/mol. The molecule has 0 aliphatic carbocycles. The topological polar surface area (TPSA) is 51.2 Å². The van der Waals surface area contributed by atoms with E-state index in [1.165, 1.54) is 6.92 Å². The van der Waals surface area contributed by atoms with Crippen LogP contribution < -0.4 is 5.32 Å². The molecule has 13 heavy (non-hydrogen) atoms. The van der Waals surface area contributed by atoms with Gasteiger partial charge >= 0.3 is 5.97 Å². The van der Waals surface area contributed by atoms with Gasteiger partial charge in [-0.1, -0.05) is 0 Å². The first-order chi connectivity index (χ1) is 6.24. The van der Waals surface area contributed by atoms with Gasteiger partial charge in [0, 0.05) is 20.2 Å². The summed E-state index contributed by atoms with van der Waals surface area (Å²) < 4.78 is 4.83. The van der Waals surface area contributed by atoms with Crippen LogP contribution >= 0.6 is 0 Å². The molecule has 0 radical (unpaired) electrons. The summed E-state index contributed by atoms with van der Waals surface area (Å²) in [5, 5.41) is 2.97. The molecule has 0 fully saturated rings. The lowest BCUT2D eigenvalue weighted by molar-refractivity contribution is -0.142. The zero-order chi connectivity index (χ0) is 9.68. The lowest BCUT2D eigenvalue weighted by Crippen LogP contribution is -2.03. The van der Waals surface area contributed by atoms with Gasteiger partial charge in [0.1, 0.15) is 12.3 Å². The minimum atomic E-state index is -0.298. The highest BCUT2D eigenvalue weighted by Crippen LogP contribution is 2.11. The average Bonchev–Trinajstić information content (AvgIpc) is 2.15. The standard InChI is InChI=1S/C9H12N2O2/c1-7(12)13-6-9-8(10-2)4-3-5-11-9/h3-5,10H,6H2,1-2H3. The second-order valence-corrected chi connectivity index (χ2v) is 2.53. The van der Waals surface area contributed by atoms with E-state index in [1.807, 2.05) is 12.1 Å². The number of carbonyl (C=O) groups excluding carboxylic acids is 1. The van der Waals surface area contributed by atoms with Crippen molar-refractivity contribution in [2.75, 3.05) is 12.4 Å². The zero-order valence-electron chi connectivity index (χ0n) is 7.70. The first kappa shape index (κ1) is 9.51. The monoisotopic (exact) mass is 180 g/mol. The minimum absolute atomic E-state index is 0.215. The Morgan fingerprint density at radius 1 is 1.69 bits per heavy atom. The number of ether oxygens (including phenoxy) is 1. The third-order valence-electron chi connectivity index (χ3n) is 1.57. The number of pyridine rings is 1. The lowest BCUT2D eigenvalue weighted by atomic mass is 10.3. The van der Waals surface area contributed by atoms with Crippen molar-refractivity contribution in [2.45, 2.75) is 13.5 Å². The Morgan fingerprint density at radius 3 is 3.08 bits per heavy atom. The van der Waals surface area contributed by atoms with Gasteiger partial charge in [-0.2, -0.15) is 0 Å². The lowest BCUT2D eigenvalue weighted by Gasteiger charge is -2.06. The molecule has 70 valence electrons. The summed E-state index contributed by atoms with van der Waals surface area (Å²) in [5.74, 6) is -0.298. The Labute approximate surface area is 76.9 Å². The van der Waals surface area contributed by atoms with Crippen LogP contribution in [0.4, 0.5) is 5.69 Å². The molecule has 0 saturated carbocycles. The third-order valence-corrected chi connectivity index (χ3v) is 1.57. The van der Waals surface area contributed by atoms with Crippen molar-refractivity contribution in [2.24, 2.45) is 0 Å². The first-order valence-corrected chi connectivity index (χ1v) is 3.99. The summed E-state index contributed by atoms with van der Waals surface area (Å²) in [5.41, 5.74) is 1.61. The number of esters is 1. The molecule has 0 unspecified atom stereocenters. The van der Waals surface area contributed by atoms with Gasteiger partial charge in [0.05, 0.1) is 5.69 Å². The molecule has 0 atom stereocenters. The van der Waals surface area contributed by atoms with Crippen molar-refractivity contribution in [1.82, 2.24) is 4.98 Å². The SMILES string of the molecule is CNc1cccnc1COC(C)=O. The maximum absolute atomic E-state index is 10.5. The van der Waals surface area contributed by atoms with Gasteiger partial charge in [-0.15, -0.1) is 0 Å². The highest BCUT2D eigenvalue weighted by Gasteiger charge is 2.02. The minimum Gasteiger partial charge on any atom is -0.459 e. The van der Waals surface area contributed by atoms with E-state index in [-0.39, 0.29) is 12.6 Å². The summed E-state index contributed by atoms with van der Waals surface area (Å²) in [6, 6.07) is 3.70. The first-order valence-electron chi connectivity index (χ1n) is 3.99. The molecule has 1 heterocycles. The number of aromatic nitrogens is 1. The molecule has 0 saturated heterocycles. The predicted octanol–water partition coefficient (Wildman–Crippen LogP) is 1.19. The zero-order valence-corrected chi connectivity index (χ0v) is 7.70. The van der Waals surface area contributed by atoms with E-state index in [2.05, 4.69) is 10.3 Å². The summed E-state index contributed by atoms with van der Waals surface area (Å²) in [7, 11) is 1.80. The predicted molar refractivity (Wildman–Crippen MR) is 49.3 cm³/mol. The van der Waals surface area contributed by atoms with E-state index in [1.54, 1.807) is 13.2 Å². The van der Waals surface area contributed by atoms with Crippen LogP contribution in [0.2, 0.25) is 0 Å². The van der Waals surface area contributed by atoms with Crippen molar-refractivity contribution >= 4 is 11.7 Å². The van der Waals surface area contributed by atoms with Crippen LogP contribution in [0.1, 0.15) is 12.6 Å². The maximum atomic E-state index is 10.5. The second kappa shape index (κ2) is 4.45. The van der Waals surface area contributed by atoms with E-state index in [0.29, 0.717) is 0 Å². The number of hydrogen-bond donors (Lipinski definition) is 1. The molecular weight excluding hydrogens is 168 g/mol. The van der Waals surface area contributed by atoms with Gasteiger partial charge in [-0.05, 0) is 12.1 Å². The van der Waals surface area contributed by atoms with Crippen LogP contribution in [0.3, 0.4) is 0 Å². The fourth-order valence-electron chi connectivity index (χ4n) is 0.951. The molecule has 1 aromatic rings. The van der Waals surface area contributed by atoms with Crippen molar-refractivity contribution in [1.29, 1.82) is 0 Å². The summed E-state index contributed by atoms with van der Waals surface area (Å²) in [4.78, 5) is 14.6. The Bertz CT molecular complexity index is 299. The molecule has 0 aliphatic heterocycles. The normalized spacial score (nSPS) is 9.38. The fraction of sp³-hybridized carbons (Fsp3) is 0.333. The van der Waals surface area contributed by atoms with Crippen molar-refractivity contribution in [3.05, 3.63) is 24.0 Å². The van der Waals surface area contributed by atoms with Gasteiger partial charge in [0.2, 0.25) is 0 Å². The molecule has 1 N–H and O–H groups in total. The highest BCUT2D eigenvalue weighted by atomic mass is 16.5. The summed E-state index contributed by atoms with van der Waals surface area (Å²) >= 11 is 0. The van der Waals surface area contributed by atoms with Crippen molar-refractivity contribution in [3.8, 4) is 0 Å². The smallest absolute Gasteiger partial charge is 0.303 e. The van der Waals surface area contributed by atoms with Crippen LogP contribution in [-0.4, -0.2) is 18.0 Å². The molecular formula is C9H12N2O2. The summed E-state index contributed by atoms with van der Waals surface area (Å²) in [6.45, 7) is 1.59. The Balaban J connectivity index is 2.69. The van der Waals surface area contributed by atoms with Crippen LogP contribution in [0.15, 0.2) is 18.3 Å². The van der Waals surface area contributed by atoms with E-state index < -0.39 is 0 Å². The quantitative estimate of drug-likeness (QED) is 0.710. The molecule has 1 aromatic heterocycles. The molecule has 0 aromatic carbocycles. The molecule has 0 spiro atoms. The molecule has 4 heteroatoms. The van der Waals surface area contributed by atoms with Crippen molar-refractivity contribution < 1.29 is 9.53 Å². The highest BCUT2D eigenvalue weighted by molar-refractivity contribution is 5.66. The maximum Gasteiger partial charge on any atom is 0.303 e. The number of nitrogens with zero attached hydrogens (tertiary/aromatic N) is 1. The Kier molecular flexibility index (Phi) is 3.25. The van der Waals surface area contributed by atoms with Gasteiger partial charge in [-0.25, -0.2) is 0 Å². The Morgan fingerprint density at radius 2 is 2.46 bits per heavy atom. The number of rotatable bonds is 3. The number of hydrogen-bond acceptors (Lipinski definition) is 4. The van der Waals surface area contributed by atoms with Crippen molar-refractivity contribution in [3.63, 3.8) is 0 Å². The van der Waals surface area contributed by atoms with E-state index in [4.69, 9.17) is 4.74 Å². The van der Waals surface area contributed by atoms with Crippen LogP contribution in [0.5, 0.6) is 0 Å².